The Bertz CT molecular complexity index is 3690. The molecule has 1 nitrogen and oxygen atoms in total. The van der Waals surface area contributed by atoms with Crippen molar-refractivity contribution < 1.29 is 0 Å². The maximum absolute atomic E-state index is 2.60. The molecule has 0 aromatic heterocycles. The Morgan fingerprint density at radius 1 is 0.304 bits per heavy atom. The molecule has 1 atom stereocenters. The minimum Gasteiger partial charge on any atom is -0.310 e. The molecule has 79 heavy (non-hydrogen) atoms. The van der Waals surface area contributed by atoms with Gasteiger partial charge in [-0.25, -0.2) is 0 Å². The lowest BCUT2D eigenvalue weighted by molar-refractivity contribution is -0.00518. The first-order chi connectivity index (χ1) is 37.9. The first-order valence-corrected chi connectivity index (χ1v) is 29.7. The zero-order valence-electron chi connectivity index (χ0n) is 48.1. The molecule has 6 aliphatic carbocycles. The molecule has 9 aromatic rings. The maximum Gasteiger partial charge on any atom is 0.0714 e. The molecule has 4 fully saturated rings. The number of benzene rings is 9. The Labute approximate surface area is 471 Å². The van der Waals surface area contributed by atoms with Gasteiger partial charge in [0.1, 0.15) is 0 Å². The summed E-state index contributed by atoms with van der Waals surface area (Å²) in [7, 11) is 0. The van der Waals surface area contributed by atoms with E-state index in [2.05, 4.69) is 280 Å². The number of hydrogen-bond acceptors (Lipinski definition) is 1. The molecule has 1 unspecified atom stereocenters. The van der Waals surface area contributed by atoms with Crippen LogP contribution in [0, 0.1) is 17.8 Å². The van der Waals surface area contributed by atoms with Crippen molar-refractivity contribution in [3.05, 3.63) is 279 Å². The van der Waals surface area contributed by atoms with E-state index in [-0.39, 0.29) is 16.2 Å². The molecular formula is C78H77N. The highest BCUT2D eigenvalue weighted by atomic mass is 15.1. The average molecular weight is 1030 g/mol. The van der Waals surface area contributed by atoms with Gasteiger partial charge < -0.3 is 4.90 Å². The SMILES string of the molecule is CC(C)(C)c1ccc(C2(c3ccccc3)c3ccccc3-c3ccc(N(c4ccc(C56CC7CC(CC(C7)C5)C6)cc4)c4ccc5c(c4)C(c4ccc(C(C)(C)C)cc4)(c4ccc(C(C)(C)C)cc4)c4ccccc4-5)cc32)cc1. The van der Waals surface area contributed by atoms with Crippen molar-refractivity contribution in [1.82, 2.24) is 0 Å². The van der Waals surface area contributed by atoms with Gasteiger partial charge in [0.2, 0.25) is 0 Å². The van der Waals surface area contributed by atoms with Gasteiger partial charge in [-0.2, -0.15) is 0 Å². The Morgan fingerprint density at radius 2 is 0.620 bits per heavy atom. The molecule has 4 bridgehead atoms. The number of fused-ring (bicyclic) bond motifs is 6. The van der Waals surface area contributed by atoms with Crippen LogP contribution in [0.4, 0.5) is 17.1 Å². The van der Waals surface area contributed by atoms with Crippen molar-refractivity contribution in [2.45, 2.75) is 133 Å². The molecule has 394 valence electrons. The van der Waals surface area contributed by atoms with Crippen LogP contribution in [0.5, 0.6) is 0 Å². The Hall–Kier alpha value is -7.22. The van der Waals surface area contributed by atoms with Crippen LogP contribution in [0.1, 0.15) is 168 Å². The van der Waals surface area contributed by atoms with Gasteiger partial charge in [-0.3, -0.25) is 0 Å². The van der Waals surface area contributed by atoms with Crippen LogP contribution in [-0.2, 0) is 32.5 Å². The van der Waals surface area contributed by atoms with E-state index in [4.69, 9.17) is 0 Å². The number of nitrogens with zero attached hydrogens (tertiary/aromatic N) is 1. The highest BCUT2D eigenvalue weighted by molar-refractivity contribution is 5.92. The summed E-state index contributed by atoms with van der Waals surface area (Å²) < 4.78 is 0. The van der Waals surface area contributed by atoms with Gasteiger partial charge in [-0.1, -0.05) is 238 Å². The minimum atomic E-state index is -0.579. The van der Waals surface area contributed by atoms with Crippen molar-refractivity contribution in [2.24, 2.45) is 17.8 Å². The summed E-state index contributed by atoms with van der Waals surface area (Å²) in [6, 6.07) is 83.6. The molecule has 0 heterocycles. The lowest BCUT2D eigenvalue weighted by atomic mass is 9.48. The van der Waals surface area contributed by atoms with E-state index >= 15 is 0 Å². The van der Waals surface area contributed by atoms with Crippen molar-refractivity contribution in [1.29, 1.82) is 0 Å². The van der Waals surface area contributed by atoms with Crippen molar-refractivity contribution >= 4 is 17.1 Å². The Morgan fingerprint density at radius 3 is 1.00 bits per heavy atom. The van der Waals surface area contributed by atoms with E-state index < -0.39 is 10.8 Å². The summed E-state index contributed by atoms with van der Waals surface area (Å²) >= 11 is 0. The first kappa shape index (κ1) is 50.0. The predicted octanol–water partition coefficient (Wildman–Crippen LogP) is 20.2. The van der Waals surface area contributed by atoms with Crippen LogP contribution in [0.3, 0.4) is 0 Å². The third kappa shape index (κ3) is 7.76. The second-order valence-electron chi connectivity index (χ2n) is 28.0. The van der Waals surface area contributed by atoms with Crippen molar-refractivity contribution in [2.75, 3.05) is 4.90 Å². The summed E-state index contributed by atoms with van der Waals surface area (Å²) in [6.07, 6.45) is 8.41. The lowest BCUT2D eigenvalue weighted by Gasteiger charge is -2.57. The molecule has 0 N–H and O–H groups in total. The number of hydrogen-bond donors (Lipinski definition) is 0. The molecule has 0 radical (unpaired) electrons. The van der Waals surface area contributed by atoms with E-state index in [1.165, 1.54) is 128 Å². The van der Waals surface area contributed by atoms with E-state index in [0.29, 0.717) is 5.41 Å². The average Bonchev–Trinajstić information content (AvgIpc) is 3.89. The summed E-state index contributed by atoms with van der Waals surface area (Å²) in [5, 5.41) is 0. The topological polar surface area (TPSA) is 3.24 Å². The normalized spacial score (nSPS) is 22.3. The standard InChI is InChI=1S/C78H77N/c1-73(2,3)54-23-29-59(30-24-54)77(58-17-11-10-12-18-58)69-21-15-13-19-65(69)67-41-39-63(46-71(67)77)79(62-37-35-57(36-38-62)76-48-51-43-52(49-76)45-53(44-51)50-76)64-40-42-68-66-20-14-16-22-70(66)78(72(68)47-64,60-31-25-55(26-32-60)74(4,5)6)61-33-27-56(28-34-61)75(7,8)9/h10-42,46-47,51-53H,43-45,48-50H2,1-9H3. The predicted molar refractivity (Wildman–Crippen MR) is 332 cm³/mol. The van der Waals surface area contributed by atoms with Gasteiger partial charge in [0.15, 0.2) is 0 Å². The van der Waals surface area contributed by atoms with Gasteiger partial charge >= 0.3 is 0 Å². The third-order valence-corrected chi connectivity index (χ3v) is 20.1. The van der Waals surface area contributed by atoms with Crippen LogP contribution in [-0.4, -0.2) is 0 Å². The molecule has 9 aromatic carbocycles. The summed E-state index contributed by atoms with van der Waals surface area (Å²) in [5.74, 6) is 2.66. The summed E-state index contributed by atoms with van der Waals surface area (Å²) in [6.45, 7) is 20.9. The zero-order chi connectivity index (χ0) is 54.3. The van der Waals surface area contributed by atoms with E-state index in [1.54, 1.807) is 5.56 Å². The highest BCUT2D eigenvalue weighted by Gasteiger charge is 2.52. The highest BCUT2D eigenvalue weighted by Crippen LogP contribution is 2.63. The fraction of sp³-hybridized carbons (Fsp3) is 0.308. The second kappa shape index (κ2) is 17.9. The maximum atomic E-state index is 2.60. The minimum absolute atomic E-state index is 0.0235. The first-order valence-electron chi connectivity index (χ1n) is 29.7. The molecule has 6 aliphatic rings. The monoisotopic (exact) mass is 1030 g/mol. The third-order valence-electron chi connectivity index (χ3n) is 20.1. The molecule has 0 aliphatic heterocycles. The van der Waals surface area contributed by atoms with E-state index in [0.717, 1.165) is 29.1 Å². The smallest absolute Gasteiger partial charge is 0.0714 e. The van der Waals surface area contributed by atoms with Gasteiger partial charge in [0, 0.05) is 17.1 Å². The van der Waals surface area contributed by atoms with Gasteiger partial charge in [0.05, 0.1) is 10.8 Å². The molecule has 15 rings (SSSR count). The molecule has 4 saturated carbocycles. The van der Waals surface area contributed by atoms with Crippen molar-refractivity contribution in [3.63, 3.8) is 0 Å². The Kier molecular flexibility index (Phi) is 11.3. The summed E-state index contributed by atoms with van der Waals surface area (Å²) in [5.41, 5.74) is 24.0. The Balaban J connectivity index is 1.01. The zero-order valence-corrected chi connectivity index (χ0v) is 48.1. The fourth-order valence-corrected chi connectivity index (χ4v) is 16.6. The second-order valence-corrected chi connectivity index (χ2v) is 28.0. The largest absolute Gasteiger partial charge is 0.310 e. The van der Waals surface area contributed by atoms with Crippen LogP contribution < -0.4 is 4.90 Å². The molecule has 1 heteroatoms. The van der Waals surface area contributed by atoms with Gasteiger partial charge in [-0.05, 0) is 203 Å². The van der Waals surface area contributed by atoms with Crippen LogP contribution in [0.2, 0.25) is 0 Å². The van der Waals surface area contributed by atoms with E-state index in [9.17, 15) is 0 Å². The van der Waals surface area contributed by atoms with Crippen molar-refractivity contribution in [3.8, 4) is 22.3 Å². The van der Waals surface area contributed by atoms with E-state index in [1.807, 2.05) is 0 Å². The van der Waals surface area contributed by atoms with Crippen LogP contribution in [0.15, 0.2) is 212 Å². The van der Waals surface area contributed by atoms with Gasteiger partial charge in [0.25, 0.3) is 0 Å². The van der Waals surface area contributed by atoms with Crippen LogP contribution >= 0.6 is 0 Å². The molecule has 0 spiro atoms. The molecule has 0 saturated heterocycles. The van der Waals surface area contributed by atoms with Gasteiger partial charge in [-0.15, -0.1) is 0 Å². The molecular weight excluding hydrogens is 951 g/mol. The quantitative estimate of drug-likeness (QED) is 0.147. The molecule has 0 amide bonds. The lowest BCUT2D eigenvalue weighted by Crippen LogP contribution is -2.48. The summed E-state index contributed by atoms with van der Waals surface area (Å²) in [4.78, 5) is 2.60. The number of rotatable bonds is 8. The fourth-order valence-electron chi connectivity index (χ4n) is 16.6. The van der Waals surface area contributed by atoms with Crippen LogP contribution in [0.25, 0.3) is 22.3 Å². The number of anilines is 3.